The highest BCUT2D eigenvalue weighted by Gasteiger charge is 2.53. The fourth-order valence-corrected chi connectivity index (χ4v) is 5.62. The summed E-state index contributed by atoms with van der Waals surface area (Å²) in [5.74, 6) is 4.31. The summed E-state index contributed by atoms with van der Waals surface area (Å²) in [4.78, 5) is 9.09. The highest BCUT2D eigenvalue weighted by molar-refractivity contribution is 5.85. The molecule has 4 saturated carbocycles. The molecule has 6 heteroatoms. The maximum absolute atomic E-state index is 5.68. The van der Waals surface area contributed by atoms with Gasteiger partial charge in [0, 0.05) is 11.1 Å². The molecule has 2 aromatic heterocycles. The Labute approximate surface area is 147 Å². The topological polar surface area (TPSA) is 77.8 Å². The third-order valence-corrected chi connectivity index (χ3v) is 6.16. The maximum atomic E-state index is 5.68. The van der Waals surface area contributed by atoms with Crippen LogP contribution < -0.4 is 5.73 Å². The highest BCUT2D eigenvalue weighted by Crippen LogP contribution is 2.60. The lowest BCUT2D eigenvalue weighted by molar-refractivity contribution is -0.0103. The standard InChI is InChI=1S/C18H22N4O.ClH/c19-14-1-2-15(20-10-14)6-16-21-17(22-23-16)18-7-11-3-12(8-18)5-13(4-11)9-18;/h1-2,10-13H,3-9,19H2;1H. The summed E-state index contributed by atoms with van der Waals surface area (Å²) in [6.45, 7) is 0. The number of pyridine rings is 1. The first-order valence-corrected chi connectivity index (χ1v) is 8.72. The molecule has 0 aromatic carbocycles. The average molecular weight is 347 g/mol. The number of nitrogens with zero attached hydrogens (tertiary/aromatic N) is 3. The van der Waals surface area contributed by atoms with Gasteiger partial charge in [0.15, 0.2) is 5.82 Å². The summed E-state index contributed by atoms with van der Waals surface area (Å²) in [6, 6.07) is 3.78. The lowest BCUT2D eigenvalue weighted by Crippen LogP contribution is -2.49. The van der Waals surface area contributed by atoms with E-state index in [0.29, 0.717) is 18.0 Å². The van der Waals surface area contributed by atoms with Gasteiger partial charge in [-0.3, -0.25) is 4.98 Å². The second-order valence-corrected chi connectivity index (χ2v) is 7.97. The van der Waals surface area contributed by atoms with E-state index in [0.717, 1.165) is 29.3 Å². The van der Waals surface area contributed by atoms with Gasteiger partial charge in [-0.15, -0.1) is 12.4 Å². The average Bonchev–Trinajstić information content (AvgIpc) is 2.98. The summed E-state index contributed by atoms with van der Waals surface area (Å²) in [5, 5.41) is 4.38. The minimum Gasteiger partial charge on any atom is -0.397 e. The summed E-state index contributed by atoms with van der Waals surface area (Å²) in [6.07, 6.45) is 10.3. The van der Waals surface area contributed by atoms with Crippen molar-refractivity contribution < 1.29 is 4.52 Å². The Balaban J connectivity index is 0.00000146. The van der Waals surface area contributed by atoms with Gasteiger partial charge in [-0.2, -0.15) is 4.98 Å². The second-order valence-electron chi connectivity index (χ2n) is 7.97. The van der Waals surface area contributed by atoms with Crippen molar-refractivity contribution in [3.8, 4) is 0 Å². The van der Waals surface area contributed by atoms with E-state index in [4.69, 9.17) is 15.2 Å². The Hall–Kier alpha value is -1.62. The summed E-state index contributed by atoms with van der Waals surface area (Å²) in [7, 11) is 0. The molecule has 2 N–H and O–H groups in total. The van der Waals surface area contributed by atoms with Gasteiger partial charge >= 0.3 is 0 Å². The lowest BCUT2D eigenvalue weighted by atomic mass is 9.49. The molecule has 4 bridgehead atoms. The van der Waals surface area contributed by atoms with Crippen LogP contribution in [0.2, 0.25) is 0 Å². The zero-order valence-corrected chi connectivity index (χ0v) is 14.5. The monoisotopic (exact) mass is 346 g/mol. The Kier molecular flexibility index (Phi) is 3.79. The summed E-state index contributed by atoms with van der Waals surface area (Å²) < 4.78 is 5.56. The van der Waals surface area contributed by atoms with Crippen molar-refractivity contribution in [3.63, 3.8) is 0 Å². The molecular weight excluding hydrogens is 324 g/mol. The molecule has 0 atom stereocenters. The Bertz CT molecular complexity index is 692. The van der Waals surface area contributed by atoms with Crippen molar-refractivity contribution >= 4 is 18.1 Å². The number of hydrogen-bond acceptors (Lipinski definition) is 5. The van der Waals surface area contributed by atoms with Crippen molar-refractivity contribution in [3.05, 3.63) is 35.7 Å². The van der Waals surface area contributed by atoms with Crippen LogP contribution in [-0.4, -0.2) is 15.1 Å². The molecular formula is C18H23ClN4O. The van der Waals surface area contributed by atoms with Crippen LogP contribution in [0.25, 0.3) is 0 Å². The van der Waals surface area contributed by atoms with Gasteiger partial charge in [0.25, 0.3) is 0 Å². The SMILES string of the molecule is Cl.Nc1ccc(Cc2nc(C34CC5CC(CC(C5)C3)C4)no2)nc1. The first-order valence-electron chi connectivity index (χ1n) is 8.72. The minimum absolute atomic E-state index is 0. The quantitative estimate of drug-likeness (QED) is 0.919. The zero-order valence-electron chi connectivity index (χ0n) is 13.6. The van der Waals surface area contributed by atoms with Gasteiger partial charge in [0.1, 0.15) is 0 Å². The number of hydrogen-bond donors (Lipinski definition) is 1. The van der Waals surface area contributed by atoms with Crippen LogP contribution in [0.4, 0.5) is 5.69 Å². The molecule has 0 spiro atoms. The fraction of sp³-hybridized carbons (Fsp3) is 0.611. The van der Waals surface area contributed by atoms with Crippen LogP contribution in [0, 0.1) is 17.8 Å². The third kappa shape index (κ3) is 2.59. The maximum Gasteiger partial charge on any atom is 0.232 e. The number of anilines is 1. The Morgan fingerprint density at radius 2 is 1.75 bits per heavy atom. The highest BCUT2D eigenvalue weighted by atomic mass is 35.5. The summed E-state index contributed by atoms with van der Waals surface area (Å²) >= 11 is 0. The molecule has 0 radical (unpaired) electrons. The van der Waals surface area contributed by atoms with Crippen molar-refractivity contribution in [1.29, 1.82) is 0 Å². The van der Waals surface area contributed by atoms with E-state index < -0.39 is 0 Å². The molecule has 4 fully saturated rings. The molecule has 4 aliphatic rings. The fourth-order valence-electron chi connectivity index (χ4n) is 5.62. The minimum atomic E-state index is 0. The number of aromatic nitrogens is 3. The van der Waals surface area contributed by atoms with Crippen molar-refractivity contribution in [2.45, 2.75) is 50.4 Å². The van der Waals surface area contributed by atoms with Crippen LogP contribution in [0.5, 0.6) is 0 Å². The van der Waals surface area contributed by atoms with E-state index in [-0.39, 0.29) is 17.8 Å². The zero-order chi connectivity index (χ0) is 15.4. The molecule has 2 aromatic rings. The smallest absolute Gasteiger partial charge is 0.232 e. The Morgan fingerprint density at radius 3 is 2.33 bits per heavy atom. The van der Waals surface area contributed by atoms with Crippen molar-refractivity contribution in [2.75, 3.05) is 5.73 Å². The van der Waals surface area contributed by atoms with Crippen LogP contribution in [-0.2, 0) is 11.8 Å². The largest absolute Gasteiger partial charge is 0.397 e. The normalized spacial score (nSPS) is 33.4. The second kappa shape index (κ2) is 5.73. The number of nitrogen functional groups attached to an aromatic ring is 1. The lowest BCUT2D eigenvalue weighted by Gasteiger charge is -2.55. The first kappa shape index (κ1) is 15.9. The predicted octanol–water partition coefficient (Wildman–Crippen LogP) is 3.53. The molecule has 2 heterocycles. The van der Waals surface area contributed by atoms with E-state index in [2.05, 4.69) is 10.1 Å². The third-order valence-electron chi connectivity index (χ3n) is 6.16. The van der Waals surface area contributed by atoms with Gasteiger partial charge in [-0.05, 0) is 68.4 Å². The van der Waals surface area contributed by atoms with Gasteiger partial charge in [0.05, 0.1) is 18.3 Å². The van der Waals surface area contributed by atoms with E-state index >= 15 is 0 Å². The molecule has 5 nitrogen and oxygen atoms in total. The van der Waals surface area contributed by atoms with Crippen LogP contribution in [0.3, 0.4) is 0 Å². The van der Waals surface area contributed by atoms with E-state index in [1.165, 1.54) is 38.5 Å². The molecule has 6 rings (SSSR count). The Morgan fingerprint density at radius 1 is 1.08 bits per heavy atom. The van der Waals surface area contributed by atoms with Crippen LogP contribution in [0.15, 0.2) is 22.9 Å². The van der Waals surface area contributed by atoms with Gasteiger partial charge in [0.2, 0.25) is 5.89 Å². The predicted molar refractivity (Wildman–Crippen MR) is 92.9 cm³/mol. The van der Waals surface area contributed by atoms with Gasteiger partial charge in [-0.25, -0.2) is 0 Å². The van der Waals surface area contributed by atoms with E-state index in [1.54, 1.807) is 6.20 Å². The molecule has 24 heavy (non-hydrogen) atoms. The van der Waals surface area contributed by atoms with Crippen molar-refractivity contribution in [2.24, 2.45) is 17.8 Å². The van der Waals surface area contributed by atoms with E-state index in [9.17, 15) is 0 Å². The molecule has 0 aliphatic heterocycles. The van der Waals surface area contributed by atoms with E-state index in [1.807, 2.05) is 12.1 Å². The molecule has 0 unspecified atom stereocenters. The first-order chi connectivity index (χ1) is 11.2. The van der Waals surface area contributed by atoms with Crippen LogP contribution in [0.1, 0.15) is 55.9 Å². The van der Waals surface area contributed by atoms with Crippen LogP contribution >= 0.6 is 12.4 Å². The van der Waals surface area contributed by atoms with Gasteiger partial charge < -0.3 is 10.3 Å². The number of halogens is 1. The van der Waals surface area contributed by atoms with Gasteiger partial charge in [-0.1, -0.05) is 5.16 Å². The summed E-state index contributed by atoms with van der Waals surface area (Å²) in [5.41, 5.74) is 7.47. The molecule has 0 amide bonds. The number of rotatable bonds is 3. The molecule has 128 valence electrons. The molecule has 4 aliphatic carbocycles. The van der Waals surface area contributed by atoms with Crippen molar-refractivity contribution in [1.82, 2.24) is 15.1 Å². The molecule has 0 saturated heterocycles. The number of nitrogens with two attached hydrogens (primary N) is 1.